The van der Waals surface area contributed by atoms with Gasteiger partial charge in [0.05, 0.1) is 6.10 Å². The van der Waals surface area contributed by atoms with Crippen LogP contribution in [0.5, 0.6) is 0 Å². The maximum atomic E-state index is 9.98. The molecule has 0 radical (unpaired) electrons. The summed E-state index contributed by atoms with van der Waals surface area (Å²) >= 11 is 3.48. The molecule has 2 rings (SSSR count). The van der Waals surface area contributed by atoms with Crippen molar-refractivity contribution >= 4 is 21.6 Å². The second-order valence-electron chi connectivity index (χ2n) is 6.55. The normalized spacial score (nSPS) is 17.9. The van der Waals surface area contributed by atoms with Crippen molar-refractivity contribution in [1.29, 1.82) is 0 Å². The number of hydrogen-bond acceptors (Lipinski definition) is 2. The first kappa shape index (κ1) is 15.6. The van der Waals surface area contributed by atoms with Gasteiger partial charge in [0.15, 0.2) is 0 Å². The van der Waals surface area contributed by atoms with E-state index in [0.29, 0.717) is 0 Å². The van der Waals surface area contributed by atoms with E-state index in [2.05, 4.69) is 53.7 Å². The van der Waals surface area contributed by atoms with Crippen LogP contribution in [0.25, 0.3) is 0 Å². The number of halogens is 1. The van der Waals surface area contributed by atoms with Gasteiger partial charge < -0.3 is 10.0 Å². The van der Waals surface area contributed by atoms with Crippen LogP contribution in [0.4, 0.5) is 5.69 Å². The molecule has 0 aliphatic carbocycles. The average Bonchev–Trinajstić information content (AvgIpc) is 2.37. The fourth-order valence-corrected chi connectivity index (χ4v) is 3.10. The van der Waals surface area contributed by atoms with Crippen LogP contribution < -0.4 is 4.90 Å². The van der Waals surface area contributed by atoms with E-state index in [-0.39, 0.29) is 5.41 Å². The first-order chi connectivity index (χ1) is 9.29. The highest BCUT2D eigenvalue weighted by atomic mass is 79.9. The summed E-state index contributed by atoms with van der Waals surface area (Å²) in [6, 6.07) is 6.16. The Morgan fingerprint density at radius 3 is 2.50 bits per heavy atom. The van der Waals surface area contributed by atoms with Crippen molar-refractivity contribution < 1.29 is 5.11 Å². The largest absolute Gasteiger partial charge is 0.389 e. The number of aliphatic hydroxyl groups is 1. The third-order valence-electron chi connectivity index (χ3n) is 3.95. The Labute approximate surface area is 130 Å². The number of anilines is 1. The van der Waals surface area contributed by atoms with Gasteiger partial charge in [-0.2, -0.15) is 0 Å². The zero-order chi connectivity index (χ0) is 14.9. The lowest BCUT2D eigenvalue weighted by atomic mass is 9.83. The second-order valence-corrected chi connectivity index (χ2v) is 7.47. The van der Waals surface area contributed by atoms with Crippen molar-refractivity contribution in [3.8, 4) is 0 Å². The van der Waals surface area contributed by atoms with E-state index >= 15 is 0 Å². The van der Waals surface area contributed by atoms with E-state index in [1.165, 1.54) is 5.57 Å². The summed E-state index contributed by atoms with van der Waals surface area (Å²) in [5.74, 6) is 0. The van der Waals surface area contributed by atoms with Gasteiger partial charge in [-0.25, -0.2) is 0 Å². The van der Waals surface area contributed by atoms with Gasteiger partial charge in [0.2, 0.25) is 0 Å². The van der Waals surface area contributed by atoms with Crippen LogP contribution in [0.1, 0.15) is 45.8 Å². The van der Waals surface area contributed by atoms with Crippen molar-refractivity contribution in [2.24, 2.45) is 5.41 Å². The molecule has 0 fully saturated rings. The van der Waals surface area contributed by atoms with Gasteiger partial charge in [-0.15, -0.1) is 0 Å². The summed E-state index contributed by atoms with van der Waals surface area (Å²) in [5, 5.41) is 9.98. The Morgan fingerprint density at radius 2 is 2.00 bits per heavy atom. The highest BCUT2D eigenvalue weighted by Gasteiger charge is 2.23. The third-order valence-corrected chi connectivity index (χ3v) is 4.45. The monoisotopic (exact) mass is 337 g/mol. The van der Waals surface area contributed by atoms with Gasteiger partial charge in [-0.3, -0.25) is 0 Å². The van der Waals surface area contributed by atoms with Crippen molar-refractivity contribution in [1.82, 2.24) is 0 Å². The van der Waals surface area contributed by atoms with Crippen LogP contribution in [-0.4, -0.2) is 18.2 Å². The van der Waals surface area contributed by atoms with Crippen molar-refractivity contribution in [3.05, 3.63) is 39.9 Å². The molecule has 20 heavy (non-hydrogen) atoms. The Kier molecular flexibility index (Phi) is 4.60. The van der Waals surface area contributed by atoms with Gasteiger partial charge in [0.25, 0.3) is 0 Å². The maximum absolute atomic E-state index is 9.98. The third kappa shape index (κ3) is 3.44. The topological polar surface area (TPSA) is 23.5 Å². The lowest BCUT2D eigenvalue weighted by Crippen LogP contribution is -2.32. The molecule has 3 heteroatoms. The highest BCUT2D eigenvalue weighted by Crippen LogP contribution is 2.34. The molecule has 1 N–H and O–H groups in total. The summed E-state index contributed by atoms with van der Waals surface area (Å²) in [7, 11) is 0. The van der Waals surface area contributed by atoms with E-state index in [0.717, 1.165) is 35.2 Å². The Balaban J connectivity index is 2.25. The molecule has 2 nitrogen and oxygen atoms in total. The summed E-state index contributed by atoms with van der Waals surface area (Å²) in [6.45, 7) is 10.6. The Morgan fingerprint density at radius 1 is 1.30 bits per heavy atom. The van der Waals surface area contributed by atoms with Crippen molar-refractivity contribution in [3.63, 3.8) is 0 Å². The van der Waals surface area contributed by atoms with E-state index in [1.54, 1.807) is 0 Å². The zero-order valence-electron chi connectivity index (χ0n) is 12.8. The van der Waals surface area contributed by atoms with Crippen molar-refractivity contribution in [2.75, 3.05) is 18.0 Å². The number of rotatable bonds is 2. The Bertz CT molecular complexity index is 514. The lowest BCUT2D eigenvalue weighted by molar-refractivity contribution is 0.199. The average molecular weight is 338 g/mol. The first-order valence-corrected chi connectivity index (χ1v) is 8.00. The van der Waals surface area contributed by atoms with E-state index < -0.39 is 6.10 Å². The fourth-order valence-electron chi connectivity index (χ4n) is 2.72. The molecule has 1 aliphatic rings. The van der Waals surface area contributed by atoms with Crippen molar-refractivity contribution in [2.45, 2.75) is 40.2 Å². The van der Waals surface area contributed by atoms with E-state index in [1.807, 2.05) is 19.1 Å². The Hall–Kier alpha value is -0.800. The first-order valence-electron chi connectivity index (χ1n) is 7.21. The molecule has 110 valence electrons. The zero-order valence-corrected chi connectivity index (χ0v) is 14.4. The predicted octanol–water partition coefficient (Wildman–Crippen LogP) is 4.69. The molecule has 0 spiro atoms. The molecule has 1 heterocycles. The molecule has 0 bridgehead atoms. The molecular formula is C17H24BrNO. The maximum Gasteiger partial charge on any atom is 0.0782 e. The number of nitrogens with zero attached hydrogens (tertiary/aromatic N) is 1. The van der Waals surface area contributed by atoms with Crippen LogP contribution in [0, 0.1) is 5.41 Å². The molecule has 1 unspecified atom stereocenters. The van der Waals surface area contributed by atoms with Gasteiger partial charge in [-0.1, -0.05) is 48.4 Å². The minimum Gasteiger partial charge on any atom is -0.389 e. The highest BCUT2D eigenvalue weighted by molar-refractivity contribution is 9.10. The quantitative estimate of drug-likeness (QED) is 0.791. The predicted molar refractivity (Wildman–Crippen MR) is 89.1 cm³/mol. The summed E-state index contributed by atoms with van der Waals surface area (Å²) in [6.07, 6.45) is 2.99. The minimum atomic E-state index is -0.449. The van der Waals surface area contributed by atoms with Crippen LogP contribution in [0.15, 0.2) is 34.3 Å². The van der Waals surface area contributed by atoms with Crippen LogP contribution in [-0.2, 0) is 0 Å². The molecule has 0 amide bonds. The molecule has 1 aromatic carbocycles. The second kappa shape index (κ2) is 5.90. The smallest absolute Gasteiger partial charge is 0.0782 e. The van der Waals surface area contributed by atoms with Crippen LogP contribution in [0.2, 0.25) is 0 Å². The minimum absolute atomic E-state index is 0.263. The fraction of sp³-hybridized carbons (Fsp3) is 0.529. The molecule has 0 aromatic heterocycles. The molecular weight excluding hydrogens is 314 g/mol. The number of benzene rings is 1. The van der Waals surface area contributed by atoms with Crippen LogP contribution in [0.3, 0.4) is 0 Å². The van der Waals surface area contributed by atoms with E-state index in [4.69, 9.17) is 0 Å². The van der Waals surface area contributed by atoms with E-state index in [9.17, 15) is 5.11 Å². The van der Waals surface area contributed by atoms with Crippen LogP contribution >= 0.6 is 15.9 Å². The lowest BCUT2D eigenvalue weighted by Gasteiger charge is -2.34. The van der Waals surface area contributed by atoms with Gasteiger partial charge in [0.1, 0.15) is 0 Å². The summed E-state index contributed by atoms with van der Waals surface area (Å²) < 4.78 is 1.01. The molecule has 1 atom stereocenters. The van der Waals surface area contributed by atoms with Gasteiger partial charge >= 0.3 is 0 Å². The van der Waals surface area contributed by atoms with Gasteiger partial charge in [0, 0.05) is 28.8 Å². The standard InChI is InChI=1S/C17H24BrNO/c1-12(20)15-11-14(18)5-6-16(15)19-9-7-13(8-10-19)17(2,3)4/h5-7,11-12,20H,8-10H2,1-4H3. The SMILES string of the molecule is CC(O)c1cc(Br)ccc1N1CC=C(C(C)(C)C)CC1. The molecule has 0 saturated heterocycles. The number of aliphatic hydroxyl groups excluding tert-OH is 1. The number of hydrogen-bond donors (Lipinski definition) is 1. The summed E-state index contributed by atoms with van der Waals surface area (Å²) in [4.78, 5) is 2.35. The van der Waals surface area contributed by atoms with Gasteiger partial charge in [-0.05, 0) is 37.0 Å². The summed E-state index contributed by atoms with van der Waals surface area (Å²) in [5.41, 5.74) is 3.93. The molecule has 1 aromatic rings. The molecule has 1 aliphatic heterocycles. The molecule has 0 saturated carbocycles.